The van der Waals surface area contributed by atoms with Gasteiger partial charge in [-0.15, -0.1) is 0 Å². The topological polar surface area (TPSA) is 77.9 Å². The Morgan fingerprint density at radius 2 is 1.85 bits per heavy atom. The van der Waals surface area contributed by atoms with E-state index in [2.05, 4.69) is 11.8 Å². The van der Waals surface area contributed by atoms with Gasteiger partial charge in [-0.05, 0) is 11.6 Å². The molecule has 0 unspecified atom stereocenters. The number of aliphatic hydroxyl groups excluding tert-OH is 1. The Balaban J connectivity index is 2.29. The summed E-state index contributed by atoms with van der Waals surface area (Å²) in [7, 11) is 1.26. The zero-order valence-electron chi connectivity index (χ0n) is 10.8. The van der Waals surface area contributed by atoms with Crippen LogP contribution in [0.15, 0.2) is 24.3 Å². The van der Waals surface area contributed by atoms with Gasteiger partial charge in [0.05, 0.1) is 6.54 Å². The number of hydrogen-bond acceptors (Lipinski definition) is 4. The highest BCUT2D eigenvalue weighted by molar-refractivity contribution is 6.44. The second-order valence-corrected chi connectivity index (χ2v) is 4.16. The van der Waals surface area contributed by atoms with Crippen LogP contribution in [0.1, 0.15) is 11.1 Å². The van der Waals surface area contributed by atoms with Crippen LogP contribution in [0.3, 0.4) is 0 Å². The van der Waals surface area contributed by atoms with Gasteiger partial charge in [0.2, 0.25) is 0 Å². The molecule has 1 aliphatic rings. The molecule has 0 atom stereocenters. The second-order valence-electron chi connectivity index (χ2n) is 4.16. The predicted octanol–water partition coefficient (Wildman–Crippen LogP) is -0.0490. The third-order valence-corrected chi connectivity index (χ3v) is 2.90. The minimum atomic E-state index is -0.845. The summed E-state index contributed by atoms with van der Waals surface area (Å²) < 4.78 is 0. The highest BCUT2D eigenvalue weighted by Crippen LogP contribution is 2.16. The van der Waals surface area contributed by atoms with Gasteiger partial charge in [0.25, 0.3) is 0 Å². The molecule has 0 aromatic heterocycles. The van der Waals surface area contributed by atoms with Crippen LogP contribution in [-0.4, -0.2) is 46.4 Å². The molecule has 6 nitrogen and oxygen atoms in total. The molecule has 1 saturated heterocycles. The molecule has 1 aliphatic heterocycles. The van der Waals surface area contributed by atoms with Gasteiger partial charge in [0.15, 0.2) is 0 Å². The second kappa shape index (κ2) is 5.55. The minimum Gasteiger partial charge on any atom is -0.384 e. The van der Waals surface area contributed by atoms with Crippen LogP contribution in [0.4, 0.5) is 4.79 Å². The van der Waals surface area contributed by atoms with Crippen LogP contribution >= 0.6 is 0 Å². The molecular formula is C14H12N2O4. The molecule has 6 heteroatoms. The quantitative estimate of drug-likeness (QED) is 0.465. The molecule has 1 fully saturated rings. The van der Waals surface area contributed by atoms with E-state index in [1.54, 1.807) is 24.3 Å². The summed E-state index contributed by atoms with van der Waals surface area (Å²) in [5.74, 6) is 3.57. The monoisotopic (exact) mass is 272 g/mol. The lowest BCUT2D eigenvalue weighted by molar-refractivity contribution is -0.143. The molecule has 1 N–H and O–H groups in total. The Hall–Kier alpha value is -2.65. The molecule has 1 aromatic carbocycles. The zero-order valence-corrected chi connectivity index (χ0v) is 10.8. The highest BCUT2D eigenvalue weighted by Gasteiger charge is 2.42. The van der Waals surface area contributed by atoms with Gasteiger partial charge in [-0.2, -0.15) is 0 Å². The Bertz CT molecular complexity index is 642. The van der Waals surface area contributed by atoms with Crippen LogP contribution in [-0.2, 0) is 16.1 Å². The smallest absolute Gasteiger partial charge is 0.334 e. The molecule has 20 heavy (non-hydrogen) atoms. The van der Waals surface area contributed by atoms with Gasteiger partial charge in [-0.3, -0.25) is 19.4 Å². The summed E-state index contributed by atoms with van der Waals surface area (Å²) in [5.41, 5.74) is 1.24. The van der Waals surface area contributed by atoms with E-state index in [1.165, 1.54) is 7.05 Å². The first-order chi connectivity index (χ1) is 9.56. The Morgan fingerprint density at radius 3 is 2.45 bits per heavy atom. The number of rotatable bonds is 2. The fourth-order valence-electron chi connectivity index (χ4n) is 1.84. The summed E-state index contributed by atoms with van der Waals surface area (Å²) in [4.78, 5) is 36.6. The number of carbonyl (C=O) groups excluding carboxylic acids is 3. The molecular weight excluding hydrogens is 260 g/mol. The van der Waals surface area contributed by atoms with E-state index in [-0.39, 0.29) is 13.2 Å². The summed E-state index contributed by atoms with van der Waals surface area (Å²) in [6.45, 7) is -0.304. The van der Waals surface area contributed by atoms with Crippen LogP contribution in [0.2, 0.25) is 0 Å². The first kappa shape index (κ1) is 13.8. The maximum atomic E-state index is 11.8. The number of hydrogen-bond donors (Lipinski definition) is 1. The van der Waals surface area contributed by atoms with Crippen molar-refractivity contribution in [2.75, 3.05) is 13.7 Å². The normalized spacial score (nSPS) is 14.6. The molecule has 1 aromatic rings. The standard InChI is InChI=1S/C14H12N2O4/c1-15-12(18)13(19)16(14(15)20)9-11-6-3-2-5-10(11)7-4-8-17/h2-3,5-6,17H,8-9H2,1H3. The van der Waals surface area contributed by atoms with Crippen molar-refractivity contribution in [2.24, 2.45) is 0 Å². The van der Waals surface area contributed by atoms with Gasteiger partial charge in [-0.25, -0.2) is 4.79 Å². The molecule has 1 heterocycles. The van der Waals surface area contributed by atoms with E-state index in [4.69, 9.17) is 5.11 Å². The molecule has 2 rings (SSSR count). The van der Waals surface area contributed by atoms with Gasteiger partial charge < -0.3 is 5.11 Å². The van der Waals surface area contributed by atoms with Crippen molar-refractivity contribution in [1.29, 1.82) is 0 Å². The molecule has 0 saturated carbocycles. The number of amides is 4. The van der Waals surface area contributed by atoms with Gasteiger partial charge in [0, 0.05) is 12.6 Å². The molecule has 0 aliphatic carbocycles. The van der Waals surface area contributed by atoms with E-state index in [0.717, 1.165) is 9.80 Å². The number of aliphatic hydroxyl groups is 1. The lowest BCUT2D eigenvalue weighted by atomic mass is 10.1. The first-order valence-corrected chi connectivity index (χ1v) is 5.87. The number of imide groups is 2. The fraction of sp³-hybridized carbons (Fsp3) is 0.214. The zero-order chi connectivity index (χ0) is 14.7. The maximum absolute atomic E-state index is 11.8. The largest absolute Gasteiger partial charge is 0.384 e. The van der Waals surface area contributed by atoms with Crippen molar-refractivity contribution in [3.8, 4) is 11.8 Å². The highest BCUT2D eigenvalue weighted by atomic mass is 16.2. The molecule has 4 amide bonds. The van der Waals surface area contributed by atoms with Gasteiger partial charge in [-0.1, -0.05) is 30.0 Å². The number of nitrogens with zero attached hydrogens (tertiary/aromatic N) is 2. The minimum absolute atomic E-state index is 0.0238. The average molecular weight is 272 g/mol. The van der Waals surface area contributed by atoms with Crippen molar-refractivity contribution in [3.05, 3.63) is 35.4 Å². The van der Waals surface area contributed by atoms with Crippen molar-refractivity contribution in [2.45, 2.75) is 6.54 Å². The molecule has 0 radical (unpaired) electrons. The van der Waals surface area contributed by atoms with Gasteiger partial charge >= 0.3 is 17.8 Å². The van der Waals surface area contributed by atoms with E-state index in [0.29, 0.717) is 11.1 Å². The third kappa shape index (κ3) is 2.39. The first-order valence-electron chi connectivity index (χ1n) is 5.87. The summed E-state index contributed by atoms with van der Waals surface area (Å²) >= 11 is 0. The van der Waals surface area contributed by atoms with Crippen molar-refractivity contribution in [3.63, 3.8) is 0 Å². The summed E-state index contributed by atoms with van der Waals surface area (Å²) in [5, 5.41) is 8.71. The van der Waals surface area contributed by atoms with Crippen molar-refractivity contribution in [1.82, 2.24) is 9.80 Å². The van der Waals surface area contributed by atoms with Crippen LogP contribution in [0.25, 0.3) is 0 Å². The number of carbonyl (C=O) groups is 3. The van der Waals surface area contributed by atoms with E-state index in [9.17, 15) is 14.4 Å². The van der Waals surface area contributed by atoms with Gasteiger partial charge in [0.1, 0.15) is 6.61 Å². The number of likely N-dealkylation sites (N-methyl/N-ethyl adjacent to an activating group) is 1. The van der Waals surface area contributed by atoms with Crippen molar-refractivity contribution >= 4 is 17.8 Å². The molecule has 0 bridgehead atoms. The maximum Gasteiger partial charge on any atom is 0.334 e. The van der Waals surface area contributed by atoms with Crippen LogP contribution in [0, 0.1) is 11.8 Å². The van der Waals surface area contributed by atoms with E-state index >= 15 is 0 Å². The van der Waals surface area contributed by atoms with Crippen LogP contribution < -0.4 is 0 Å². The SMILES string of the molecule is CN1C(=O)C(=O)N(Cc2ccccc2C#CCO)C1=O. The average Bonchev–Trinajstić information content (AvgIpc) is 2.64. The third-order valence-electron chi connectivity index (χ3n) is 2.90. The van der Waals surface area contributed by atoms with E-state index in [1.807, 2.05) is 0 Å². The Kier molecular flexibility index (Phi) is 3.82. The number of benzene rings is 1. The predicted molar refractivity (Wildman–Crippen MR) is 69.1 cm³/mol. The Morgan fingerprint density at radius 1 is 1.15 bits per heavy atom. The Labute approximate surface area is 115 Å². The lowest BCUT2D eigenvalue weighted by Crippen LogP contribution is -2.31. The lowest BCUT2D eigenvalue weighted by Gasteiger charge is -2.13. The number of urea groups is 1. The summed E-state index contributed by atoms with van der Waals surface area (Å²) in [6, 6.07) is 6.29. The fourth-order valence-corrected chi connectivity index (χ4v) is 1.84. The molecule has 0 spiro atoms. The molecule has 102 valence electrons. The van der Waals surface area contributed by atoms with Crippen LogP contribution in [0.5, 0.6) is 0 Å². The summed E-state index contributed by atoms with van der Waals surface area (Å²) in [6.07, 6.45) is 0. The van der Waals surface area contributed by atoms with E-state index < -0.39 is 17.8 Å². The van der Waals surface area contributed by atoms with Crippen molar-refractivity contribution < 1.29 is 19.5 Å².